The number of rotatable bonds is 4. The van der Waals surface area contributed by atoms with E-state index in [0.717, 1.165) is 32.5 Å². The second-order valence-electron chi connectivity index (χ2n) is 6.92. The van der Waals surface area contributed by atoms with E-state index in [-0.39, 0.29) is 23.1 Å². The molecule has 2 aromatic heterocycles. The van der Waals surface area contributed by atoms with E-state index in [1.807, 2.05) is 12.1 Å². The van der Waals surface area contributed by atoms with Crippen LogP contribution >= 0.6 is 0 Å². The molecular formula is C21H22N4O2. The molecule has 1 N–H and O–H groups in total. The molecule has 3 heterocycles. The van der Waals surface area contributed by atoms with Crippen LogP contribution in [0.25, 0.3) is 5.65 Å². The average Bonchev–Trinajstić information content (AvgIpc) is 2.71. The highest BCUT2D eigenvalue weighted by Gasteiger charge is 2.22. The van der Waals surface area contributed by atoms with E-state index in [0.29, 0.717) is 5.65 Å². The number of fused-ring (bicyclic) bond motifs is 1. The zero-order valence-corrected chi connectivity index (χ0v) is 15.0. The van der Waals surface area contributed by atoms with E-state index in [2.05, 4.69) is 39.5 Å². The summed E-state index contributed by atoms with van der Waals surface area (Å²) in [6.45, 7) is 2.78. The van der Waals surface area contributed by atoms with E-state index in [1.54, 1.807) is 18.3 Å². The van der Waals surface area contributed by atoms with Gasteiger partial charge >= 0.3 is 0 Å². The predicted molar refractivity (Wildman–Crippen MR) is 104 cm³/mol. The number of amides is 1. The van der Waals surface area contributed by atoms with Crippen LogP contribution < -0.4 is 10.9 Å². The lowest BCUT2D eigenvalue weighted by Gasteiger charge is -2.32. The molecule has 4 rings (SSSR count). The van der Waals surface area contributed by atoms with Gasteiger partial charge in [-0.1, -0.05) is 36.4 Å². The SMILES string of the molecule is O=C(NC1CCN(Cc2ccccc2)CC1)c1cnc2ccccn2c1=O. The van der Waals surface area contributed by atoms with Gasteiger partial charge in [-0.05, 0) is 30.5 Å². The number of carbonyl (C=O) groups is 1. The fourth-order valence-corrected chi connectivity index (χ4v) is 3.52. The summed E-state index contributed by atoms with van der Waals surface area (Å²) in [5.74, 6) is -0.340. The van der Waals surface area contributed by atoms with Gasteiger partial charge in [-0.2, -0.15) is 0 Å². The van der Waals surface area contributed by atoms with Crippen LogP contribution in [0.4, 0.5) is 0 Å². The first-order valence-corrected chi connectivity index (χ1v) is 9.24. The smallest absolute Gasteiger partial charge is 0.270 e. The largest absolute Gasteiger partial charge is 0.349 e. The molecular weight excluding hydrogens is 340 g/mol. The first-order valence-electron chi connectivity index (χ1n) is 9.24. The Hall–Kier alpha value is -2.99. The molecule has 1 saturated heterocycles. The minimum absolute atomic E-state index is 0.0837. The van der Waals surface area contributed by atoms with Crippen molar-refractivity contribution in [3.63, 3.8) is 0 Å². The molecule has 0 bridgehead atoms. The van der Waals surface area contributed by atoms with Crippen LogP contribution in [0.3, 0.4) is 0 Å². The second-order valence-corrected chi connectivity index (χ2v) is 6.92. The predicted octanol–water partition coefficient (Wildman–Crippen LogP) is 2.09. The Balaban J connectivity index is 1.37. The topological polar surface area (TPSA) is 66.7 Å². The Morgan fingerprint density at radius 1 is 1.07 bits per heavy atom. The number of aromatic nitrogens is 2. The molecule has 0 radical (unpaired) electrons. The Kier molecular flexibility index (Phi) is 4.98. The highest BCUT2D eigenvalue weighted by atomic mass is 16.2. The first-order chi connectivity index (χ1) is 13.2. The normalized spacial score (nSPS) is 15.7. The minimum Gasteiger partial charge on any atom is -0.349 e. The zero-order valence-electron chi connectivity index (χ0n) is 15.0. The summed E-state index contributed by atoms with van der Waals surface area (Å²) in [7, 11) is 0. The molecule has 0 spiro atoms. The number of nitrogens with one attached hydrogen (secondary N) is 1. The van der Waals surface area contributed by atoms with Crippen molar-refractivity contribution in [2.24, 2.45) is 0 Å². The fraction of sp³-hybridized carbons (Fsp3) is 0.286. The molecule has 3 aromatic rings. The van der Waals surface area contributed by atoms with Crippen LogP contribution in [0.15, 0.2) is 65.7 Å². The quantitative estimate of drug-likeness (QED) is 0.772. The number of piperidine rings is 1. The van der Waals surface area contributed by atoms with Crippen molar-refractivity contribution in [3.8, 4) is 0 Å². The molecule has 138 valence electrons. The van der Waals surface area contributed by atoms with Crippen molar-refractivity contribution >= 4 is 11.6 Å². The van der Waals surface area contributed by atoms with Gasteiger partial charge in [0.05, 0.1) is 0 Å². The summed E-state index contributed by atoms with van der Waals surface area (Å²) in [5, 5.41) is 3.01. The first kappa shape index (κ1) is 17.4. The Labute approximate surface area is 157 Å². The molecule has 1 aliphatic heterocycles. The number of benzene rings is 1. The lowest BCUT2D eigenvalue weighted by molar-refractivity contribution is 0.0907. The summed E-state index contributed by atoms with van der Waals surface area (Å²) in [6.07, 6.45) is 4.75. The lowest BCUT2D eigenvalue weighted by atomic mass is 10.0. The Morgan fingerprint density at radius 2 is 1.81 bits per heavy atom. The monoisotopic (exact) mass is 362 g/mol. The van der Waals surface area contributed by atoms with Crippen LogP contribution in [0, 0.1) is 0 Å². The molecule has 6 heteroatoms. The average molecular weight is 362 g/mol. The van der Waals surface area contributed by atoms with E-state index in [4.69, 9.17) is 0 Å². The summed E-state index contributed by atoms with van der Waals surface area (Å²) < 4.78 is 1.40. The molecule has 0 atom stereocenters. The van der Waals surface area contributed by atoms with E-state index >= 15 is 0 Å². The Bertz CT molecular complexity index is 992. The summed E-state index contributed by atoms with van der Waals surface area (Å²) in [4.78, 5) is 31.7. The third kappa shape index (κ3) is 3.90. The van der Waals surface area contributed by atoms with Crippen molar-refractivity contribution in [1.29, 1.82) is 0 Å². The molecule has 0 unspecified atom stereocenters. The molecule has 1 fully saturated rings. The van der Waals surface area contributed by atoms with Crippen LogP contribution in [0.5, 0.6) is 0 Å². The number of hydrogen-bond acceptors (Lipinski definition) is 4. The summed E-state index contributed by atoms with van der Waals surface area (Å²) >= 11 is 0. The molecule has 1 amide bonds. The van der Waals surface area contributed by atoms with Gasteiger partial charge in [0.2, 0.25) is 0 Å². The third-order valence-corrected chi connectivity index (χ3v) is 5.03. The number of nitrogens with zero attached hydrogens (tertiary/aromatic N) is 3. The lowest BCUT2D eigenvalue weighted by Crippen LogP contribution is -2.45. The number of pyridine rings is 1. The van der Waals surface area contributed by atoms with Crippen molar-refractivity contribution in [1.82, 2.24) is 19.6 Å². The van der Waals surface area contributed by atoms with Gasteiger partial charge in [0.1, 0.15) is 11.2 Å². The van der Waals surface area contributed by atoms with E-state index < -0.39 is 0 Å². The molecule has 0 saturated carbocycles. The van der Waals surface area contributed by atoms with Crippen molar-refractivity contribution in [2.75, 3.05) is 13.1 Å². The standard InChI is InChI=1S/C21H22N4O2/c26-20(18-14-22-19-8-4-5-11-25(19)21(18)27)23-17-9-12-24(13-10-17)15-16-6-2-1-3-7-16/h1-8,11,14,17H,9-10,12-13,15H2,(H,23,26). The Morgan fingerprint density at radius 3 is 2.59 bits per heavy atom. The van der Waals surface area contributed by atoms with Crippen molar-refractivity contribution in [3.05, 3.63) is 82.4 Å². The zero-order chi connectivity index (χ0) is 18.6. The van der Waals surface area contributed by atoms with Gasteiger partial charge in [0.15, 0.2) is 0 Å². The van der Waals surface area contributed by atoms with Gasteiger partial charge in [-0.25, -0.2) is 4.98 Å². The van der Waals surface area contributed by atoms with Gasteiger partial charge in [0.25, 0.3) is 11.5 Å². The van der Waals surface area contributed by atoms with Gasteiger partial charge in [-0.15, -0.1) is 0 Å². The maximum Gasteiger partial charge on any atom is 0.270 e. The van der Waals surface area contributed by atoms with Gasteiger partial charge in [0, 0.05) is 38.1 Å². The number of hydrogen-bond donors (Lipinski definition) is 1. The van der Waals surface area contributed by atoms with Gasteiger partial charge < -0.3 is 5.32 Å². The van der Waals surface area contributed by atoms with Gasteiger partial charge in [-0.3, -0.25) is 18.9 Å². The third-order valence-electron chi connectivity index (χ3n) is 5.03. The molecule has 27 heavy (non-hydrogen) atoms. The molecule has 6 nitrogen and oxygen atoms in total. The summed E-state index contributed by atoms with van der Waals surface area (Å²) in [6, 6.07) is 15.8. The molecule has 1 aliphatic rings. The number of carbonyl (C=O) groups excluding carboxylic acids is 1. The maximum absolute atomic E-state index is 12.6. The maximum atomic E-state index is 12.6. The minimum atomic E-state index is -0.340. The number of likely N-dealkylation sites (tertiary alicyclic amines) is 1. The molecule has 0 aliphatic carbocycles. The van der Waals surface area contributed by atoms with Crippen LogP contribution in [-0.4, -0.2) is 39.3 Å². The highest BCUT2D eigenvalue weighted by Crippen LogP contribution is 2.14. The van der Waals surface area contributed by atoms with E-state index in [9.17, 15) is 9.59 Å². The van der Waals surface area contributed by atoms with Crippen molar-refractivity contribution < 1.29 is 4.79 Å². The fourth-order valence-electron chi connectivity index (χ4n) is 3.52. The second kappa shape index (κ2) is 7.72. The van der Waals surface area contributed by atoms with Crippen molar-refractivity contribution in [2.45, 2.75) is 25.4 Å². The molecule has 1 aromatic carbocycles. The van der Waals surface area contributed by atoms with Crippen LogP contribution in [-0.2, 0) is 6.54 Å². The van der Waals surface area contributed by atoms with Crippen LogP contribution in [0.1, 0.15) is 28.8 Å². The summed E-state index contributed by atoms with van der Waals surface area (Å²) in [5.41, 5.74) is 1.59. The van der Waals surface area contributed by atoms with Crippen LogP contribution in [0.2, 0.25) is 0 Å². The van der Waals surface area contributed by atoms with E-state index in [1.165, 1.54) is 16.2 Å². The highest BCUT2D eigenvalue weighted by molar-refractivity contribution is 5.93.